The van der Waals surface area contributed by atoms with Crippen molar-refractivity contribution >= 4 is 5.78 Å². The van der Waals surface area contributed by atoms with Crippen molar-refractivity contribution in [3.63, 3.8) is 0 Å². The van der Waals surface area contributed by atoms with Crippen molar-refractivity contribution in [1.29, 1.82) is 0 Å². The number of phenols is 1. The van der Waals surface area contributed by atoms with E-state index < -0.39 is 5.82 Å². The number of Topliss-reactive ketones (excluding diaryl/α,β-unsaturated/α-hetero) is 1. The molecule has 3 nitrogen and oxygen atoms in total. The van der Waals surface area contributed by atoms with Crippen LogP contribution in [0.4, 0.5) is 4.39 Å². The quantitative estimate of drug-likeness (QED) is 0.851. The van der Waals surface area contributed by atoms with E-state index in [1.807, 2.05) is 0 Å². The number of phenolic OH excluding ortho intramolecular Hbond substituents is 1. The van der Waals surface area contributed by atoms with Gasteiger partial charge in [-0.1, -0.05) is 13.3 Å². The Balaban J connectivity index is 1.94. The van der Waals surface area contributed by atoms with E-state index in [9.17, 15) is 14.3 Å². The zero-order chi connectivity index (χ0) is 13.8. The maximum atomic E-state index is 12.9. The molecule has 0 bridgehead atoms. The summed E-state index contributed by atoms with van der Waals surface area (Å²) in [6.07, 6.45) is 3.44. The third kappa shape index (κ3) is 3.53. The lowest BCUT2D eigenvalue weighted by atomic mass is 9.94. The maximum absolute atomic E-state index is 12.9. The molecule has 2 rings (SSSR count). The van der Waals surface area contributed by atoms with E-state index in [1.165, 1.54) is 18.6 Å². The number of halogens is 1. The lowest BCUT2D eigenvalue weighted by molar-refractivity contribution is 0.0892. The van der Waals surface area contributed by atoms with Gasteiger partial charge in [-0.2, -0.15) is 0 Å². The van der Waals surface area contributed by atoms with Gasteiger partial charge in [0.05, 0.1) is 12.1 Å². The molecule has 1 aromatic carbocycles. The van der Waals surface area contributed by atoms with Gasteiger partial charge in [0.25, 0.3) is 0 Å². The monoisotopic (exact) mass is 265 g/mol. The van der Waals surface area contributed by atoms with Crippen molar-refractivity contribution in [3.05, 3.63) is 29.6 Å². The highest BCUT2D eigenvalue weighted by Gasteiger charge is 2.21. The summed E-state index contributed by atoms with van der Waals surface area (Å²) in [5.41, 5.74) is 0.207. The van der Waals surface area contributed by atoms with E-state index in [-0.39, 0.29) is 17.1 Å². The largest absolute Gasteiger partial charge is 0.507 e. The first kappa shape index (κ1) is 14.0. The second-order valence-corrected chi connectivity index (χ2v) is 5.21. The van der Waals surface area contributed by atoms with Crippen molar-refractivity contribution in [2.24, 2.45) is 5.92 Å². The molecule has 1 saturated heterocycles. The Morgan fingerprint density at radius 3 is 2.68 bits per heavy atom. The smallest absolute Gasteiger partial charge is 0.180 e. The summed E-state index contributed by atoms with van der Waals surface area (Å²) in [7, 11) is 0. The minimum absolute atomic E-state index is 0.146. The summed E-state index contributed by atoms with van der Waals surface area (Å²) in [5, 5.41) is 9.59. The number of nitrogens with zero attached hydrogens (tertiary/aromatic N) is 1. The lowest BCUT2D eigenvalue weighted by Crippen LogP contribution is -2.37. The fourth-order valence-corrected chi connectivity index (χ4v) is 2.58. The molecule has 1 heterocycles. The van der Waals surface area contributed by atoms with Gasteiger partial charge in [0, 0.05) is 6.07 Å². The highest BCUT2D eigenvalue weighted by atomic mass is 19.1. The maximum Gasteiger partial charge on any atom is 0.180 e. The number of ketones is 1. The van der Waals surface area contributed by atoms with Crippen LogP contribution in [-0.2, 0) is 0 Å². The van der Waals surface area contributed by atoms with Crippen LogP contribution in [0, 0.1) is 11.7 Å². The van der Waals surface area contributed by atoms with Crippen LogP contribution in [0.25, 0.3) is 0 Å². The predicted molar refractivity (Wildman–Crippen MR) is 71.9 cm³/mol. The van der Waals surface area contributed by atoms with Crippen molar-refractivity contribution in [2.75, 3.05) is 19.6 Å². The molecule has 0 atom stereocenters. The SMILES string of the molecule is CCC1CCN(CC(=O)c2ccc(F)cc2O)CC1. The van der Waals surface area contributed by atoms with Gasteiger partial charge in [-0.05, 0) is 44.0 Å². The molecule has 0 spiro atoms. The molecule has 0 amide bonds. The number of carbonyl (C=O) groups excluding carboxylic acids is 1. The Bertz CT molecular complexity index is 453. The van der Waals surface area contributed by atoms with E-state index in [4.69, 9.17) is 0 Å². The molecule has 0 radical (unpaired) electrons. The second kappa shape index (κ2) is 6.15. The molecule has 0 aromatic heterocycles. The fourth-order valence-electron chi connectivity index (χ4n) is 2.58. The Labute approximate surface area is 113 Å². The molecule has 1 N–H and O–H groups in total. The average Bonchev–Trinajstić information content (AvgIpc) is 2.39. The molecule has 1 aromatic rings. The summed E-state index contributed by atoms with van der Waals surface area (Å²) in [6, 6.07) is 3.54. The highest BCUT2D eigenvalue weighted by Crippen LogP contribution is 2.22. The number of benzene rings is 1. The van der Waals surface area contributed by atoms with Gasteiger partial charge in [0.15, 0.2) is 5.78 Å². The van der Waals surface area contributed by atoms with Gasteiger partial charge >= 0.3 is 0 Å². The fraction of sp³-hybridized carbons (Fsp3) is 0.533. The molecule has 1 aliphatic rings. The van der Waals surface area contributed by atoms with Crippen LogP contribution in [0.15, 0.2) is 18.2 Å². The van der Waals surface area contributed by atoms with E-state index >= 15 is 0 Å². The third-order valence-corrected chi connectivity index (χ3v) is 3.91. The van der Waals surface area contributed by atoms with Crippen LogP contribution in [0.5, 0.6) is 5.75 Å². The number of likely N-dealkylation sites (tertiary alicyclic amines) is 1. The number of piperidine rings is 1. The number of hydrogen-bond acceptors (Lipinski definition) is 3. The van der Waals surface area contributed by atoms with Crippen LogP contribution < -0.4 is 0 Å². The van der Waals surface area contributed by atoms with Crippen LogP contribution in [0.2, 0.25) is 0 Å². The van der Waals surface area contributed by atoms with Crippen LogP contribution in [0.3, 0.4) is 0 Å². The third-order valence-electron chi connectivity index (χ3n) is 3.91. The number of aromatic hydroxyl groups is 1. The Hall–Kier alpha value is -1.42. The Kier molecular flexibility index (Phi) is 4.53. The molecule has 1 aliphatic heterocycles. The summed E-state index contributed by atoms with van der Waals surface area (Å²) in [5.74, 6) is -0.177. The van der Waals surface area contributed by atoms with Gasteiger partial charge in [0.1, 0.15) is 11.6 Å². The van der Waals surface area contributed by atoms with Crippen molar-refractivity contribution in [2.45, 2.75) is 26.2 Å². The first-order chi connectivity index (χ1) is 9.10. The van der Waals surface area contributed by atoms with Gasteiger partial charge < -0.3 is 5.11 Å². The zero-order valence-corrected chi connectivity index (χ0v) is 11.2. The van der Waals surface area contributed by atoms with Gasteiger partial charge in [0.2, 0.25) is 0 Å². The first-order valence-electron chi connectivity index (χ1n) is 6.84. The molecule has 104 valence electrons. The molecule has 19 heavy (non-hydrogen) atoms. The molecular formula is C15H20FNO2. The number of rotatable bonds is 4. The second-order valence-electron chi connectivity index (χ2n) is 5.21. The lowest BCUT2D eigenvalue weighted by Gasteiger charge is -2.30. The Morgan fingerprint density at radius 1 is 1.42 bits per heavy atom. The predicted octanol–water partition coefficient (Wildman–Crippen LogP) is 2.84. The van der Waals surface area contributed by atoms with E-state index in [0.29, 0.717) is 6.54 Å². The minimum atomic E-state index is -0.530. The molecule has 0 unspecified atom stereocenters. The van der Waals surface area contributed by atoms with Crippen molar-refractivity contribution in [1.82, 2.24) is 4.90 Å². The molecular weight excluding hydrogens is 245 g/mol. The standard InChI is InChI=1S/C15H20FNO2/c1-2-11-5-7-17(8-6-11)10-15(19)13-4-3-12(16)9-14(13)18/h3-4,9,11,18H,2,5-8,10H2,1H3. The van der Waals surface area contributed by atoms with Crippen LogP contribution in [-0.4, -0.2) is 35.4 Å². The van der Waals surface area contributed by atoms with E-state index in [1.54, 1.807) is 0 Å². The molecule has 0 aliphatic carbocycles. The first-order valence-corrected chi connectivity index (χ1v) is 6.84. The highest BCUT2D eigenvalue weighted by molar-refractivity contribution is 5.99. The van der Waals surface area contributed by atoms with Gasteiger partial charge in [-0.15, -0.1) is 0 Å². The average molecular weight is 265 g/mol. The summed E-state index contributed by atoms with van der Waals surface area (Å²) in [6.45, 7) is 4.34. The minimum Gasteiger partial charge on any atom is -0.507 e. The molecule has 4 heteroatoms. The molecule has 0 saturated carbocycles. The zero-order valence-electron chi connectivity index (χ0n) is 11.2. The van der Waals surface area contributed by atoms with Gasteiger partial charge in [-0.3, -0.25) is 9.69 Å². The van der Waals surface area contributed by atoms with Crippen LogP contribution >= 0.6 is 0 Å². The van der Waals surface area contributed by atoms with Crippen molar-refractivity contribution < 1.29 is 14.3 Å². The summed E-state index contributed by atoms with van der Waals surface area (Å²) in [4.78, 5) is 14.2. The normalized spacial score (nSPS) is 17.6. The van der Waals surface area contributed by atoms with E-state index in [2.05, 4.69) is 11.8 Å². The Morgan fingerprint density at radius 2 is 2.11 bits per heavy atom. The molecule has 1 fully saturated rings. The van der Waals surface area contributed by atoms with Gasteiger partial charge in [-0.25, -0.2) is 4.39 Å². The number of carbonyl (C=O) groups is 1. The summed E-state index contributed by atoms with van der Waals surface area (Å²) >= 11 is 0. The van der Waals surface area contributed by atoms with E-state index in [0.717, 1.165) is 37.9 Å². The van der Waals surface area contributed by atoms with Crippen molar-refractivity contribution in [3.8, 4) is 5.75 Å². The number of hydrogen-bond donors (Lipinski definition) is 1. The summed E-state index contributed by atoms with van der Waals surface area (Å²) < 4.78 is 12.9. The van der Waals surface area contributed by atoms with Crippen LogP contribution in [0.1, 0.15) is 36.5 Å². The topological polar surface area (TPSA) is 40.5 Å².